The van der Waals surface area contributed by atoms with Crippen molar-refractivity contribution < 1.29 is 14.0 Å². The van der Waals surface area contributed by atoms with Crippen LogP contribution in [0, 0.1) is 5.82 Å². The number of primary amides is 1. The Hall–Kier alpha value is -3.47. The quantitative estimate of drug-likeness (QED) is 0.486. The van der Waals surface area contributed by atoms with E-state index < -0.39 is 11.8 Å². The Morgan fingerprint density at radius 2 is 2.03 bits per heavy atom. The second-order valence-electron chi connectivity index (χ2n) is 7.30. The Morgan fingerprint density at radius 1 is 1.19 bits per heavy atom. The maximum absolute atomic E-state index is 14.2. The Labute approximate surface area is 181 Å². The van der Waals surface area contributed by atoms with Crippen molar-refractivity contribution in [2.45, 2.75) is 24.7 Å². The van der Waals surface area contributed by atoms with Crippen LogP contribution in [0.3, 0.4) is 0 Å². The predicted octanol–water partition coefficient (Wildman–Crippen LogP) is 1.88. The highest BCUT2D eigenvalue weighted by Gasteiger charge is 2.41. The molecule has 2 amide bonds. The summed E-state index contributed by atoms with van der Waals surface area (Å²) in [6.07, 6.45) is 5.77. The molecule has 0 aliphatic heterocycles. The van der Waals surface area contributed by atoms with Crippen LogP contribution in [0.1, 0.15) is 34.6 Å². The van der Waals surface area contributed by atoms with E-state index in [1.165, 1.54) is 12.3 Å². The first-order valence-electron chi connectivity index (χ1n) is 9.68. The number of nitrogens with two attached hydrogens (primary N) is 1. The first-order chi connectivity index (χ1) is 15.0. The molecule has 3 aromatic rings. The van der Waals surface area contributed by atoms with Gasteiger partial charge in [-0.3, -0.25) is 14.6 Å². The first-order valence-corrected chi connectivity index (χ1v) is 10.5. The number of hydrogen-bond donors (Lipinski definition) is 3. The monoisotopic (exact) mass is 441 g/mol. The van der Waals surface area contributed by atoms with E-state index in [-0.39, 0.29) is 17.8 Å². The number of hydrogen-bond acceptors (Lipinski definition) is 8. The number of carbonyl (C=O) groups excluding carboxylic acids is 2. The molecule has 3 aromatic heterocycles. The van der Waals surface area contributed by atoms with E-state index in [0.717, 1.165) is 30.6 Å². The van der Waals surface area contributed by atoms with Gasteiger partial charge in [0, 0.05) is 18.2 Å². The van der Waals surface area contributed by atoms with E-state index in [0.29, 0.717) is 33.6 Å². The number of nitrogens with zero attached hydrogens (tertiary/aromatic N) is 4. The second kappa shape index (κ2) is 8.72. The average molecular weight is 441 g/mol. The molecule has 0 saturated heterocycles. The van der Waals surface area contributed by atoms with Crippen LogP contribution in [-0.4, -0.2) is 45.1 Å². The second-order valence-corrected chi connectivity index (χ2v) is 8.33. The fraction of sp³-hybridized carbons (Fsp3) is 0.300. The topological polar surface area (TPSA) is 136 Å². The van der Waals surface area contributed by atoms with Gasteiger partial charge in [0.05, 0.1) is 18.4 Å². The summed E-state index contributed by atoms with van der Waals surface area (Å²) in [6.45, 7) is 0.270. The minimum absolute atomic E-state index is 0.240. The zero-order valence-electron chi connectivity index (χ0n) is 16.5. The minimum Gasteiger partial charge on any atom is -0.368 e. The number of rotatable bonds is 8. The highest BCUT2D eigenvalue weighted by Crippen LogP contribution is 2.43. The lowest BCUT2D eigenvalue weighted by Crippen LogP contribution is -2.42. The normalized spacial score (nSPS) is 14.5. The molecule has 0 bridgehead atoms. The number of pyridine rings is 1. The third-order valence-electron chi connectivity index (χ3n) is 5.22. The predicted molar refractivity (Wildman–Crippen MR) is 113 cm³/mol. The van der Waals surface area contributed by atoms with Gasteiger partial charge in [-0.05, 0) is 37.1 Å². The van der Waals surface area contributed by atoms with E-state index in [1.54, 1.807) is 24.4 Å². The summed E-state index contributed by atoms with van der Waals surface area (Å²) in [5.41, 5.74) is 5.68. The zero-order valence-corrected chi connectivity index (χ0v) is 17.3. The summed E-state index contributed by atoms with van der Waals surface area (Å²) in [5, 5.41) is 14.5. The van der Waals surface area contributed by atoms with Gasteiger partial charge in [0.25, 0.3) is 5.91 Å². The number of halogens is 1. The molecule has 1 saturated carbocycles. The summed E-state index contributed by atoms with van der Waals surface area (Å²) in [7, 11) is 0. The van der Waals surface area contributed by atoms with Gasteiger partial charge in [0.1, 0.15) is 27.2 Å². The van der Waals surface area contributed by atoms with Crippen LogP contribution in [0.15, 0.2) is 36.7 Å². The summed E-state index contributed by atoms with van der Waals surface area (Å²) >= 11 is 1.13. The van der Waals surface area contributed by atoms with Crippen molar-refractivity contribution in [2.75, 3.05) is 18.4 Å². The van der Waals surface area contributed by atoms with Crippen LogP contribution in [0.25, 0.3) is 10.7 Å². The SMILES string of the molecule is NC(=O)CNC(=O)c1cnc(-c2ccc(NCC3(c4ncccc4F)CCC3)nn2)s1. The van der Waals surface area contributed by atoms with E-state index in [1.807, 2.05) is 0 Å². The van der Waals surface area contributed by atoms with Gasteiger partial charge in [-0.25, -0.2) is 9.37 Å². The molecule has 0 atom stereocenters. The summed E-state index contributed by atoms with van der Waals surface area (Å²) in [5.74, 6) is -0.782. The fourth-order valence-corrected chi connectivity index (χ4v) is 4.23. The molecule has 0 aromatic carbocycles. The molecule has 3 heterocycles. The molecule has 4 rings (SSSR count). The van der Waals surface area contributed by atoms with Crippen molar-refractivity contribution in [1.29, 1.82) is 0 Å². The average Bonchev–Trinajstić information content (AvgIpc) is 3.23. The van der Waals surface area contributed by atoms with Gasteiger partial charge in [-0.15, -0.1) is 21.5 Å². The van der Waals surface area contributed by atoms with E-state index in [2.05, 4.69) is 30.8 Å². The van der Waals surface area contributed by atoms with Gasteiger partial charge in [-0.1, -0.05) is 6.42 Å². The lowest BCUT2D eigenvalue weighted by molar-refractivity contribution is -0.117. The standard InChI is InChI=1S/C20H20FN7O2S/c21-12-3-1-8-23-17(12)20(6-2-7-20)11-26-16-5-4-13(27-28-16)19-25-9-14(31-19)18(30)24-10-15(22)29/h1,3-5,8-9H,2,6-7,10-11H2,(H2,22,29)(H,24,30)(H,26,28). The summed E-state index contributed by atoms with van der Waals surface area (Å²) < 4.78 is 14.2. The lowest BCUT2D eigenvalue weighted by atomic mass is 9.66. The molecule has 0 unspecified atom stereocenters. The molecular weight excluding hydrogens is 421 g/mol. The Balaban J connectivity index is 1.40. The Morgan fingerprint density at radius 3 is 2.68 bits per heavy atom. The fourth-order valence-electron chi connectivity index (χ4n) is 3.43. The Kier molecular flexibility index (Phi) is 5.85. The molecule has 1 fully saturated rings. The maximum Gasteiger partial charge on any atom is 0.263 e. The van der Waals surface area contributed by atoms with Crippen LogP contribution in [0.4, 0.5) is 10.2 Å². The van der Waals surface area contributed by atoms with Crippen molar-refractivity contribution >= 4 is 29.0 Å². The molecule has 0 radical (unpaired) electrons. The van der Waals surface area contributed by atoms with E-state index >= 15 is 0 Å². The maximum atomic E-state index is 14.2. The smallest absolute Gasteiger partial charge is 0.263 e. The van der Waals surface area contributed by atoms with Gasteiger partial charge >= 0.3 is 0 Å². The number of amides is 2. The van der Waals surface area contributed by atoms with Crippen LogP contribution in [0.5, 0.6) is 0 Å². The van der Waals surface area contributed by atoms with Gasteiger partial charge in [0.15, 0.2) is 0 Å². The molecule has 160 valence electrons. The third kappa shape index (κ3) is 4.50. The lowest BCUT2D eigenvalue weighted by Gasteiger charge is -2.41. The van der Waals surface area contributed by atoms with E-state index in [4.69, 9.17) is 5.73 Å². The van der Waals surface area contributed by atoms with E-state index in [9.17, 15) is 14.0 Å². The van der Waals surface area contributed by atoms with Crippen LogP contribution in [0.2, 0.25) is 0 Å². The zero-order chi connectivity index (χ0) is 21.8. The summed E-state index contributed by atoms with van der Waals surface area (Å²) in [4.78, 5) is 31.5. The van der Waals surface area contributed by atoms with Crippen LogP contribution in [-0.2, 0) is 10.2 Å². The van der Waals surface area contributed by atoms with Crippen molar-refractivity contribution in [3.63, 3.8) is 0 Å². The molecule has 9 nitrogen and oxygen atoms in total. The molecule has 1 aliphatic carbocycles. The summed E-state index contributed by atoms with van der Waals surface area (Å²) in [6, 6.07) is 6.54. The number of aromatic nitrogens is 4. The minimum atomic E-state index is -0.624. The number of thiazole rings is 1. The number of nitrogens with one attached hydrogen (secondary N) is 2. The van der Waals surface area contributed by atoms with Crippen LogP contribution < -0.4 is 16.4 Å². The number of anilines is 1. The Bertz CT molecular complexity index is 1100. The van der Waals surface area contributed by atoms with Crippen molar-refractivity contribution in [3.8, 4) is 10.7 Å². The molecule has 31 heavy (non-hydrogen) atoms. The highest BCUT2D eigenvalue weighted by atomic mass is 32.1. The molecule has 11 heteroatoms. The molecule has 4 N–H and O–H groups in total. The largest absolute Gasteiger partial charge is 0.368 e. The van der Waals surface area contributed by atoms with Crippen molar-refractivity contribution in [2.24, 2.45) is 5.73 Å². The molecular formula is C20H20FN7O2S. The molecule has 0 spiro atoms. The third-order valence-corrected chi connectivity index (χ3v) is 6.23. The van der Waals surface area contributed by atoms with Gasteiger partial charge in [0.2, 0.25) is 5.91 Å². The first kappa shape index (κ1) is 20.8. The number of carbonyl (C=O) groups is 2. The van der Waals surface area contributed by atoms with Gasteiger partial charge < -0.3 is 16.4 Å². The molecule has 1 aliphatic rings. The van der Waals surface area contributed by atoms with Gasteiger partial charge in [-0.2, -0.15) is 0 Å². The highest BCUT2D eigenvalue weighted by molar-refractivity contribution is 7.16. The van der Waals surface area contributed by atoms with Crippen molar-refractivity contribution in [3.05, 3.63) is 53.0 Å². The van der Waals surface area contributed by atoms with Crippen molar-refractivity contribution in [1.82, 2.24) is 25.5 Å². The van der Waals surface area contributed by atoms with Crippen LogP contribution >= 0.6 is 11.3 Å².